The first-order valence-electron chi connectivity index (χ1n) is 15.2. The first-order chi connectivity index (χ1) is 22.3. The molecule has 0 aliphatic carbocycles. The van der Waals surface area contributed by atoms with E-state index in [2.05, 4.69) is 5.32 Å². The molecule has 13 heteroatoms. The van der Waals surface area contributed by atoms with Gasteiger partial charge in [-0.25, -0.2) is 22.0 Å². The molecular weight excluding hydrogens is 627 g/mol. The number of hydrogen-bond donors (Lipinski definition) is 2. The van der Waals surface area contributed by atoms with Crippen molar-refractivity contribution in [3.63, 3.8) is 0 Å². The second-order valence-electron chi connectivity index (χ2n) is 12.6. The molecule has 2 saturated heterocycles. The van der Waals surface area contributed by atoms with Crippen molar-refractivity contribution in [3.05, 3.63) is 99.9 Å². The molecule has 0 aromatic heterocycles. The van der Waals surface area contributed by atoms with Crippen molar-refractivity contribution in [1.29, 1.82) is 0 Å². The van der Waals surface area contributed by atoms with E-state index in [1.165, 1.54) is 24.3 Å². The van der Waals surface area contributed by atoms with Gasteiger partial charge in [0.1, 0.15) is 17.2 Å². The standard InChI is InChI=1S/C34H35F5N2O6/c1-34(2,3)47-32(44)23-5-4-14-41(23)16-22-15-24(19-8-6-18(17-42)7-9-19)46-33(45-22)20-10-12-21(13-11-20)40-31(43)25-26(35)28(37)30(39)29(38)27(25)36/h6-13,22-24,33,42H,4-5,14-17H2,1-3H3,(H,40,43). The number of halogens is 5. The summed E-state index contributed by atoms with van der Waals surface area (Å²) >= 11 is 0. The summed E-state index contributed by atoms with van der Waals surface area (Å²) in [5.41, 5.74) is -0.119. The van der Waals surface area contributed by atoms with Crippen molar-refractivity contribution in [2.75, 3.05) is 18.4 Å². The number of anilines is 1. The number of carbonyl (C=O) groups is 2. The first-order valence-corrected chi connectivity index (χ1v) is 15.2. The van der Waals surface area contributed by atoms with E-state index < -0.39 is 64.6 Å². The Bertz CT molecular complexity index is 1580. The van der Waals surface area contributed by atoms with Gasteiger partial charge in [-0.05, 0) is 63.4 Å². The fraction of sp³-hybridized carbons (Fsp3) is 0.412. The summed E-state index contributed by atoms with van der Waals surface area (Å²) in [7, 11) is 0. The molecule has 5 rings (SSSR count). The molecular formula is C34H35F5N2O6. The van der Waals surface area contributed by atoms with Crippen LogP contribution in [0, 0.1) is 29.1 Å². The molecule has 0 bridgehead atoms. The molecule has 2 aliphatic heterocycles. The van der Waals surface area contributed by atoms with Gasteiger partial charge < -0.3 is 24.6 Å². The molecule has 0 saturated carbocycles. The molecule has 2 heterocycles. The summed E-state index contributed by atoms with van der Waals surface area (Å²) < 4.78 is 87.3. The van der Waals surface area contributed by atoms with Crippen molar-refractivity contribution >= 4 is 17.6 Å². The van der Waals surface area contributed by atoms with Crippen LogP contribution in [0.3, 0.4) is 0 Å². The average Bonchev–Trinajstić information content (AvgIpc) is 3.50. The summed E-state index contributed by atoms with van der Waals surface area (Å²) in [6, 6.07) is 12.7. The number of aliphatic hydroxyl groups is 1. The number of likely N-dealkylation sites (tertiary alicyclic amines) is 1. The minimum Gasteiger partial charge on any atom is -0.459 e. The van der Waals surface area contributed by atoms with E-state index in [4.69, 9.17) is 14.2 Å². The van der Waals surface area contributed by atoms with E-state index in [9.17, 15) is 36.6 Å². The first kappa shape index (κ1) is 34.4. The second-order valence-corrected chi connectivity index (χ2v) is 12.6. The summed E-state index contributed by atoms with van der Waals surface area (Å²) in [4.78, 5) is 27.5. The predicted octanol–water partition coefficient (Wildman–Crippen LogP) is 6.48. The van der Waals surface area contributed by atoms with Crippen LogP contribution < -0.4 is 5.32 Å². The van der Waals surface area contributed by atoms with Gasteiger partial charge in [0.2, 0.25) is 5.82 Å². The lowest BCUT2D eigenvalue weighted by molar-refractivity contribution is -0.253. The smallest absolute Gasteiger partial charge is 0.323 e. The van der Waals surface area contributed by atoms with Crippen molar-refractivity contribution < 1.29 is 50.9 Å². The van der Waals surface area contributed by atoms with Gasteiger partial charge in [-0.2, -0.15) is 0 Å². The Kier molecular flexibility index (Phi) is 10.3. The molecule has 4 atom stereocenters. The lowest BCUT2D eigenvalue weighted by Gasteiger charge is -2.38. The van der Waals surface area contributed by atoms with Crippen LogP contribution in [-0.2, 0) is 25.6 Å². The third-order valence-electron chi connectivity index (χ3n) is 7.97. The Morgan fingerprint density at radius 1 is 0.894 bits per heavy atom. The topological polar surface area (TPSA) is 97.3 Å². The Labute approximate surface area is 268 Å². The second kappa shape index (κ2) is 14.1. The zero-order chi connectivity index (χ0) is 34.0. The van der Waals surface area contributed by atoms with Gasteiger partial charge in [-0.1, -0.05) is 36.4 Å². The highest BCUT2D eigenvalue weighted by Gasteiger charge is 2.39. The fourth-order valence-corrected chi connectivity index (χ4v) is 5.70. The van der Waals surface area contributed by atoms with Gasteiger partial charge in [-0.15, -0.1) is 0 Å². The van der Waals surface area contributed by atoms with Crippen LogP contribution in [0.1, 0.15) is 79.5 Å². The average molecular weight is 663 g/mol. The van der Waals surface area contributed by atoms with Crippen LogP contribution in [0.2, 0.25) is 0 Å². The van der Waals surface area contributed by atoms with Crippen molar-refractivity contribution in [2.24, 2.45) is 0 Å². The zero-order valence-electron chi connectivity index (χ0n) is 26.0. The number of rotatable bonds is 8. The summed E-state index contributed by atoms with van der Waals surface area (Å²) in [5.74, 6) is -13.1. The molecule has 4 unspecified atom stereocenters. The molecule has 8 nitrogen and oxygen atoms in total. The van der Waals surface area contributed by atoms with Gasteiger partial charge in [0.05, 0.1) is 18.8 Å². The SMILES string of the molecule is CC(C)(C)OC(=O)C1CCCN1CC1CC(c2ccc(CO)cc2)OC(c2ccc(NC(=O)c3c(F)c(F)c(F)c(F)c3F)cc2)O1. The quantitative estimate of drug-likeness (QED) is 0.123. The van der Waals surface area contributed by atoms with Crippen molar-refractivity contribution in [3.8, 4) is 0 Å². The maximum Gasteiger partial charge on any atom is 0.323 e. The molecule has 252 valence electrons. The van der Waals surface area contributed by atoms with Gasteiger partial charge in [-0.3, -0.25) is 14.5 Å². The molecule has 2 aliphatic rings. The van der Waals surface area contributed by atoms with Crippen LogP contribution >= 0.6 is 0 Å². The van der Waals surface area contributed by atoms with Gasteiger partial charge >= 0.3 is 5.97 Å². The fourth-order valence-electron chi connectivity index (χ4n) is 5.70. The molecule has 2 fully saturated rings. The van der Waals surface area contributed by atoms with E-state index in [0.717, 1.165) is 17.5 Å². The van der Waals surface area contributed by atoms with Crippen LogP contribution in [0.15, 0.2) is 48.5 Å². The minimum absolute atomic E-state index is 0.0171. The van der Waals surface area contributed by atoms with Gasteiger partial charge in [0.15, 0.2) is 29.6 Å². The molecule has 3 aromatic rings. The maximum absolute atomic E-state index is 14.1. The largest absolute Gasteiger partial charge is 0.459 e. The van der Waals surface area contributed by atoms with Crippen LogP contribution in [0.4, 0.5) is 27.6 Å². The van der Waals surface area contributed by atoms with Crippen LogP contribution in [0.25, 0.3) is 0 Å². The summed E-state index contributed by atoms with van der Waals surface area (Å²) in [5, 5.41) is 11.6. The highest BCUT2D eigenvalue weighted by Crippen LogP contribution is 2.39. The van der Waals surface area contributed by atoms with Gasteiger partial charge in [0.25, 0.3) is 5.91 Å². The lowest BCUT2D eigenvalue weighted by Crippen LogP contribution is -2.45. The monoisotopic (exact) mass is 662 g/mol. The van der Waals surface area contributed by atoms with Crippen molar-refractivity contribution in [1.82, 2.24) is 4.90 Å². The number of nitrogens with zero attached hydrogens (tertiary/aromatic N) is 1. The van der Waals surface area contributed by atoms with E-state index in [1.54, 1.807) is 12.1 Å². The lowest BCUT2D eigenvalue weighted by atomic mass is 9.99. The molecule has 47 heavy (non-hydrogen) atoms. The molecule has 1 amide bonds. The number of nitrogens with one attached hydrogen (secondary N) is 1. The van der Waals surface area contributed by atoms with Crippen LogP contribution in [0.5, 0.6) is 0 Å². The Morgan fingerprint density at radius 2 is 1.49 bits per heavy atom. The number of ether oxygens (including phenoxy) is 3. The van der Waals surface area contributed by atoms with Crippen LogP contribution in [-0.4, -0.2) is 52.7 Å². The van der Waals surface area contributed by atoms with E-state index in [-0.39, 0.29) is 24.4 Å². The zero-order valence-corrected chi connectivity index (χ0v) is 26.0. The molecule has 0 spiro atoms. The molecule has 2 N–H and O–H groups in total. The van der Waals surface area contributed by atoms with Crippen molar-refractivity contribution in [2.45, 2.75) is 76.8 Å². The third kappa shape index (κ3) is 7.81. The number of esters is 1. The number of benzene rings is 3. The normalized spacial score (nSPS) is 21.9. The maximum atomic E-state index is 14.1. The number of carbonyl (C=O) groups excluding carboxylic acids is 2. The third-order valence-corrected chi connectivity index (χ3v) is 7.97. The predicted molar refractivity (Wildman–Crippen MR) is 159 cm³/mol. The molecule has 0 radical (unpaired) electrons. The minimum atomic E-state index is -2.36. The Hall–Kier alpha value is -3.91. The number of aliphatic hydroxyl groups excluding tert-OH is 1. The molecule has 3 aromatic carbocycles. The highest BCUT2D eigenvalue weighted by molar-refractivity contribution is 6.04. The highest BCUT2D eigenvalue weighted by atomic mass is 19.2. The number of amides is 1. The summed E-state index contributed by atoms with van der Waals surface area (Å²) in [6.45, 7) is 6.44. The van der Waals surface area contributed by atoms with E-state index in [0.29, 0.717) is 31.5 Å². The Balaban J connectivity index is 1.35. The summed E-state index contributed by atoms with van der Waals surface area (Å²) in [6.07, 6.45) is 0.226. The van der Waals surface area contributed by atoms with Gasteiger partial charge in [0, 0.05) is 24.2 Å². The van der Waals surface area contributed by atoms with E-state index in [1.807, 2.05) is 37.8 Å². The van der Waals surface area contributed by atoms with E-state index >= 15 is 0 Å². The Morgan fingerprint density at radius 3 is 2.09 bits per heavy atom. The number of hydrogen-bond acceptors (Lipinski definition) is 7.